The first-order valence-electron chi connectivity index (χ1n) is 4.57. The van der Waals surface area contributed by atoms with Crippen molar-refractivity contribution in [3.8, 4) is 0 Å². The molecule has 1 atom stereocenters. The second-order valence-electron chi connectivity index (χ2n) is 3.56. The van der Waals surface area contributed by atoms with Gasteiger partial charge in [0.2, 0.25) is 0 Å². The third-order valence-electron chi connectivity index (χ3n) is 2.37. The second-order valence-corrected chi connectivity index (χ2v) is 3.56. The summed E-state index contributed by atoms with van der Waals surface area (Å²) < 4.78 is 0. The van der Waals surface area contributed by atoms with Crippen molar-refractivity contribution in [1.29, 1.82) is 0 Å². The predicted molar refractivity (Wildman–Crippen MR) is 50.5 cm³/mol. The van der Waals surface area contributed by atoms with Crippen molar-refractivity contribution in [2.45, 2.75) is 39.5 Å². The molecular formula is C11H18. The monoisotopic (exact) mass is 150 g/mol. The van der Waals surface area contributed by atoms with Crippen molar-refractivity contribution in [2.75, 3.05) is 0 Å². The maximum atomic E-state index is 3.95. The summed E-state index contributed by atoms with van der Waals surface area (Å²) in [5.41, 5.74) is 3.02. The quantitative estimate of drug-likeness (QED) is 0.536. The van der Waals surface area contributed by atoms with Crippen LogP contribution >= 0.6 is 0 Å². The molecule has 1 saturated carbocycles. The molecule has 0 amide bonds. The molecule has 0 bridgehead atoms. The molecule has 0 aromatic carbocycles. The molecular weight excluding hydrogens is 132 g/mol. The summed E-state index contributed by atoms with van der Waals surface area (Å²) in [5.74, 6) is 0.871. The molecule has 0 nitrogen and oxygen atoms in total. The molecule has 0 spiro atoms. The van der Waals surface area contributed by atoms with Gasteiger partial charge in [0, 0.05) is 0 Å². The van der Waals surface area contributed by atoms with Crippen LogP contribution in [0.5, 0.6) is 0 Å². The largest absolute Gasteiger partial charge is 0.0995 e. The molecule has 0 aromatic rings. The topological polar surface area (TPSA) is 0 Å². The Kier molecular flexibility index (Phi) is 2.92. The summed E-state index contributed by atoms with van der Waals surface area (Å²) in [6.07, 6.45) is 7.40. The lowest BCUT2D eigenvalue weighted by Gasteiger charge is -1.97. The van der Waals surface area contributed by atoms with E-state index in [-0.39, 0.29) is 0 Å². The SMILES string of the molecule is C=C1CC1CCC(C)=CCC. The summed E-state index contributed by atoms with van der Waals surface area (Å²) in [6, 6.07) is 0. The van der Waals surface area contributed by atoms with Crippen LogP contribution in [0.25, 0.3) is 0 Å². The zero-order chi connectivity index (χ0) is 8.27. The Balaban J connectivity index is 2.11. The normalized spacial score (nSPS) is 24.0. The summed E-state index contributed by atoms with van der Waals surface area (Å²) in [4.78, 5) is 0. The molecule has 0 N–H and O–H groups in total. The molecule has 0 aromatic heterocycles. The highest BCUT2D eigenvalue weighted by molar-refractivity contribution is 5.19. The van der Waals surface area contributed by atoms with Gasteiger partial charge in [-0.25, -0.2) is 0 Å². The lowest BCUT2D eigenvalue weighted by molar-refractivity contribution is 0.739. The first kappa shape index (κ1) is 8.58. The molecule has 1 fully saturated rings. The van der Waals surface area contributed by atoms with Gasteiger partial charge in [-0.15, -0.1) is 0 Å². The lowest BCUT2D eigenvalue weighted by atomic mass is 10.1. The van der Waals surface area contributed by atoms with Crippen molar-refractivity contribution in [3.63, 3.8) is 0 Å². The predicted octanol–water partition coefficient (Wildman–Crippen LogP) is 3.70. The van der Waals surface area contributed by atoms with Crippen LogP contribution in [0.2, 0.25) is 0 Å². The minimum atomic E-state index is 0.871. The van der Waals surface area contributed by atoms with Crippen LogP contribution in [-0.2, 0) is 0 Å². The fourth-order valence-corrected chi connectivity index (χ4v) is 1.42. The van der Waals surface area contributed by atoms with Crippen LogP contribution < -0.4 is 0 Å². The Bertz CT molecular complexity index is 174. The van der Waals surface area contributed by atoms with Gasteiger partial charge < -0.3 is 0 Å². The number of hydrogen-bond donors (Lipinski definition) is 0. The molecule has 0 radical (unpaired) electrons. The Morgan fingerprint density at radius 1 is 1.73 bits per heavy atom. The van der Waals surface area contributed by atoms with E-state index in [0.29, 0.717) is 0 Å². The average molecular weight is 150 g/mol. The molecule has 1 rings (SSSR count). The third-order valence-corrected chi connectivity index (χ3v) is 2.37. The minimum Gasteiger partial charge on any atom is -0.0995 e. The minimum absolute atomic E-state index is 0.871. The zero-order valence-electron chi connectivity index (χ0n) is 7.69. The van der Waals surface area contributed by atoms with E-state index < -0.39 is 0 Å². The summed E-state index contributed by atoms with van der Waals surface area (Å²) in [6.45, 7) is 8.38. The first-order chi connectivity index (χ1) is 5.24. The lowest BCUT2D eigenvalue weighted by Crippen LogP contribution is -1.80. The molecule has 0 heterocycles. The van der Waals surface area contributed by atoms with Crippen molar-refractivity contribution in [1.82, 2.24) is 0 Å². The van der Waals surface area contributed by atoms with Gasteiger partial charge in [0.15, 0.2) is 0 Å². The zero-order valence-corrected chi connectivity index (χ0v) is 7.69. The molecule has 0 heteroatoms. The van der Waals surface area contributed by atoms with Crippen molar-refractivity contribution < 1.29 is 0 Å². The highest BCUT2D eigenvalue weighted by Crippen LogP contribution is 2.40. The number of hydrogen-bond acceptors (Lipinski definition) is 0. The maximum absolute atomic E-state index is 3.95. The molecule has 1 aliphatic carbocycles. The summed E-state index contributed by atoms with van der Waals surface area (Å²) in [7, 11) is 0. The van der Waals surface area contributed by atoms with Gasteiger partial charge in [0.25, 0.3) is 0 Å². The van der Waals surface area contributed by atoms with Crippen LogP contribution in [0.3, 0.4) is 0 Å². The molecule has 0 aliphatic heterocycles. The molecule has 1 aliphatic rings. The highest BCUT2D eigenvalue weighted by Gasteiger charge is 2.25. The van der Waals surface area contributed by atoms with E-state index in [1.54, 1.807) is 5.57 Å². The van der Waals surface area contributed by atoms with E-state index >= 15 is 0 Å². The Hall–Kier alpha value is -0.520. The molecule has 1 unspecified atom stereocenters. The highest BCUT2D eigenvalue weighted by atomic mass is 14.3. The van der Waals surface area contributed by atoms with Crippen molar-refractivity contribution in [3.05, 3.63) is 23.8 Å². The van der Waals surface area contributed by atoms with Gasteiger partial charge >= 0.3 is 0 Å². The van der Waals surface area contributed by atoms with Gasteiger partial charge in [-0.1, -0.05) is 30.7 Å². The fourth-order valence-electron chi connectivity index (χ4n) is 1.42. The molecule has 11 heavy (non-hydrogen) atoms. The van der Waals surface area contributed by atoms with Crippen LogP contribution in [0.4, 0.5) is 0 Å². The van der Waals surface area contributed by atoms with Crippen LogP contribution in [0.15, 0.2) is 23.8 Å². The fraction of sp³-hybridized carbons (Fsp3) is 0.636. The van der Waals surface area contributed by atoms with Gasteiger partial charge in [-0.05, 0) is 38.5 Å². The first-order valence-corrected chi connectivity index (χ1v) is 4.57. The smallest absolute Gasteiger partial charge is 0.0165 e. The van der Waals surface area contributed by atoms with Crippen LogP contribution in [-0.4, -0.2) is 0 Å². The van der Waals surface area contributed by atoms with Crippen molar-refractivity contribution >= 4 is 0 Å². The van der Waals surface area contributed by atoms with Gasteiger partial charge in [-0.2, -0.15) is 0 Å². The maximum Gasteiger partial charge on any atom is -0.0165 e. The van der Waals surface area contributed by atoms with E-state index in [2.05, 4.69) is 26.5 Å². The average Bonchev–Trinajstić information content (AvgIpc) is 2.63. The van der Waals surface area contributed by atoms with Crippen molar-refractivity contribution in [2.24, 2.45) is 5.92 Å². The van der Waals surface area contributed by atoms with E-state index in [1.165, 1.54) is 31.3 Å². The van der Waals surface area contributed by atoms with E-state index in [9.17, 15) is 0 Å². The Labute approximate surface area is 70.0 Å². The van der Waals surface area contributed by atoms with E-state index in [0.717, 1.165) is 5.92 Å². The summed E-state index contributed by atoms with van der Waals surface area (Å²) >= 11 is 0. The Morgan fingerprint density at radius 2 is 2.36 bits per heavy atom. The van der Waals surface area contributed by atoms with E-state index in [1.807, 2.05) is 0 Å². The summed E-state index contributed by atoms with van der Waals surface area (Å²) in [5, 5.41) is 0. The number of allylic oxidation sites excluding steroid dienone is 3. The molecule has 62 valence electrons. The second kappa shape index (κ2) is 3.75. The Morgan fingerprint density at radius 3 is 2.82 bits per heavy atom. The van der Waals surface area contributed by atoms with Gasteiger partial charge in [-0.3, -0.25) is 0 Å². The standard InChI is InChI=1S/C11H18/c1-4-5-9(2)6-7-11-8-10(11)3/h5,11H,3-4,6-8H2,1-2H3. The third kappa shape index (κ3) is 2.92. The van der Waals surface area contributed by atoms with E-state index in [4.69, 9.17) is 0 Å². The van der Waals surface area contributed by atoms with Gasteiger partial charge in [0.05, 0.1) is 0 Å². The molecule has 0 saturated heterocycles. The van der Waals surface area contributed by atoms with Crippen LogP contribution in [0, 0.1) is 5.92 Å². The van der Waals surface area contributed by atoms with Gasteiger partial charge in [0.1, 0.15) is 0 Å². The number of rotatable bonds is 4. The van der Waals surface area contributed by atoms with Crippen LogP contribution in [0.1, 0.15) is 39.5 Å².